The van der Waals surface area contributed by atoms with E-state index in [1.165, 1.54) is 64.2 Å². The van der Waals surface area contributed by atoms with Crippen molar-refractivity contribution in [3.63, 3.8) is 0 Å². The van der Waals surface area contributed by atoms with Crippen LogP contribution >= 0.6 is 0 Å². The molecule has 3 saturated heterocycles. The minimum absolute atomic E-state index is 0.238. The van der Waals surface area contributed by atoms with E-state index < -0.39 is 124 Å². The Balaban J connectivity index is 1.44. The molecule has 0 aliphatic carbocycles. The largest absolute Gasteiger partial charge is 0.394 e. The second-order valence-electron chi connectivity index (χ2n) is 23.2. The van der Waals surface area contributed by atoms with Gasteiger partial charge in [0.15, 0.2) is 18.9 Å². The van der Waals surface area contributed by atoms with Crippen LogP contribution in [0.15, 0.2) is 85.1 Å². The lowest BCUT2D eigenvalue weighted by Crippen LogP contribution is -2.66. The van der Waals surface area contributed by atoms with Gasteiger partial charge in [-0.2, -0.15) is 0 Å². The van der Waals surface area contributed by atoms with E-state index in [9.17, 15) is 61.0 Å². The predicted octanol–water partition coefficient (Wildman–Crippen LogP) is 7.54. The van der Waals surface area contributed by atoms with Gasteiger partial charge in [-0.25, -0.2) is 0 Å². The third kappa shape index (κ3) is 31.1. The predicted molar refractivity (Wildman–Crippen MR) is 332 cm³/mol. The molecular formula is C67H115NO18. The maximum absolute atomic E-state index is 13.4. The molecule has 0 aromatic heterocycles. The number of aliphatic hydroxyl groups is 11. The molecule has 0 aromatic carbocycles. The Morgan fingerprint density at radius 1 is 0.430 bits per heavy atom. The molecule has 3 heterocycles. The average molecular weight is 1220 g/mol. The summed E-state index contributed by atoms with van der Waals surface area (Å²) in [6.07, 6.45) is 33.7. The third-order valence-electron chi connectivity index (χ3n) is 16.0. The van der Waals surface area contributed by atoms with Crippen molar-refractivity contribution < 1.29 is 89.4 Å². The highest BCUT2D eigenvalue weighted by Gasteiger charge is 2.53. The summed E-state index contributed by atoms with van der Waals surface area (Å²) >= 11 is 0. The van der Waals surface area contributed by atoms with E-state index in [0.717, 1.165) is 103 Å². The standard InChI is InChI=1S/C67H115NO18/c1-3-5-7-9-11-13-15-17-19-20-21-22-23-24-25-26-27-28-29-30-31-33-35-37-39-41-43-45-55(73)68-50(51(72)44-42-40-38-36-34-32-18-16-14-12-10-8-6-4-2)49-81-65-61(79)58(76)63(53(47-70)83-65)86-67-62(80)59(77)64(54(48-71)84-67)85-66-60(78)57(75)56(74)52(46-69)82-66/h5,7,11,13,17,19,21-22,24-25,27-28,30-31,50-54,56-67,69-72,74-80H,3-4,6,8-10,12,14-16,18,20,23,26,29,32-49H2,1-2H3,(H,68,73)/b7-5-,13-11-,19-17-,22-21-,25-24-,28-27-,31-30-. The molecule has 496 valence electrons. The van der Waals surface area contributed by atoms with Gasteiger partial charge in [0.25, 0.3) is 0 Å². The molecule has 0 radical (unpaired) electrons. The molecule has 3 aliphatic rings. The smallest absolute Gasteiger partial charge is 0.220 e. The number of allylic oxidation sites excluding steroid dienone is 14. The Labute approximate surface area is 514 Å². The summed E-state index contributed by atoms with van der Waals surface area (Å²) in [5.41, 5.74) is 0. The molecule has 3 fully saturated rings. The first-order valence-electron chi connectivity index (χ1n) is 32.8. The average Bonchev–Trinajstić information content (AvgIpc) is 1.96. The third-order valence-corrected chi connectivity index (χ3v) is 16.0. The summed E-state index contributed by atoms with van der Waals surface area (Å²) < 4.78 is 34.3. The molecule has 3 aliphatic heterocycles. The van der Waals surface area contributed by atoms with Crippen molar-refractivity contribution in [3.8, 4) is 0 Å². The topological polar surface area (TPSA) is 307 Å². The summed E-state index contributed by atoms with van der Waals surface area (Å²) in [7, 11) is 0. The van der Waals surface area contributed by atoms with Crippen molar-refractivity contribution in [1.82, 2.24) is 5.32 Å². The molecule has 0 bridgehead atoms. The number of ether oxygens (including phenoxy) is 6. The first-order valence-corrected chi connectivity index (χ1v) is 32.8. The zero-order chi connectivity index (χ0) is 62.6. The highest BCUT2D eigenvalue weighted by atomic mass is 16.8. The molecule has 0 spiro atoms. The fourth-order valence-electron chi connectivity index (χ4n) is 10.6. The number of rotatable bonds is 48. The molecule has 19 heteroatoms. The van der Waals surface area contributed by atoms with Crippen LogP contribution in [0, 0.1) is 0 Å². The van der Waals surface area contributed by atoms with Gasteiger partial charge in [0.05, 0.1) is 38.6 Å². The van der Waals surface area contributed by atoms with Gasteiger partial charge >= 0.3 is 0 Å². The van der Waals surface area contributed by atoms with Crippen molar-refractivity contribution in [3.05, 3.63) is 85.1 Å². The normalized spacial score (nSPS) is 29.3. The van der Waals surface area contributed by atoms with Gasteiger partial charge in [-0.15, -0.1) is 0 Å². The van der Waals surface area contributed by atoms with Crippen LogP contribution in [0.25, 0.3) is 0 Å². The Morgan fingerprint density at radius 3 is 1.26 bits per heavy atom. The number of carbonyl (C=O) groups is 1. The van der Waals surface area contributed by atoms with E-state index in [1.54, 1.807) is 0 Å². The monoisotopic (exact) mass is 1220 g/mol. The van der Waals surface area contributed by atoms with Crippen LogP contribution in [-0.2, 0) is 33.2 Å². The van der Waals surface area contributed by atoms with E-state index >= 15 is 0 Å². The summed E-state index contributed by atoms with van der Waals surface area (Å²) in [6, 6.07) is -0.903. The van der Waals surface area contributed by atoms with Crippen LogP contribution in [0.3, 0.4) is 0 Å². The SMILES string of the molecule is CC/C=C\C/C=C\C/C=C\C/C=C\C/C=C\C/C=C\C/C=C\CCCCCCCC(=O)NC(COC1OC(CO)C(OC2OC(CO)C(OC3OC(CO)C(O)C(O)C3O)C(O)C2O)C(O)C1O)C(O)CCCCCCCCCCCCCCCC. The lowest BCUT2D eigenvalue weighted by Gasteiger charge is -2.48. The van der Waals surface area contributed by atoms with Gasteiger partial charge < -0.3 is 89.9 Å². The lowest BCUT2D eigenvalue weighted by molar-refractivity contribution is -0.379. The van der Waals surface area contributed by atoms with Crippen molar-refractivity contribution in [2.24, 2.45) is 0 Å². The lowest BCUT2D eigenvalue weighted by atomic mass is 9.96. The second kappa shape index (κ2) is 48.8. The number of unbranched alkanes of at least 4 members (excludes halogenated alkanes) is 18. The van der Waals surface area contributed by atoms with Crippen LogP contribution < -0.4 is 5.32 Å². The van der Waals surface area contributed by atoms with Gasteiger partial charge in [0.1, 0.15) is 73.2 Å². The molecule has 17 unspecified atom stereocenters. The van der Waals surface area contributed by atoms with Crippen molar-refractivity contribution in [2.75, 3.05) is 26.4 Å². The van der Waals surface area contributed by atoms with Gasteiger partial charge in [0.2, 0.25) is 5.91 Å². The first kappa shape index (κ1) is 77.2. The van der Waals surface area contributed by atoms with Crippen LogP contribution in [0.2, 0.25) is 0 Å². The van der Waals surface area contributed by atoms with E-state index in [0.29, 0.717) is 12.8 Å². The fraction of sp³-hybridized carbons (Fsp3) is 0.776. The maximum atomic E-state index is 13.4. The van der Waals surface area contributed by atoms with Gasteiger partial charge in [-0.1, -0.05) is 208 Å². The molecule has 86 heavy (non-hydrogen) atoms. The summed E-state index contributed by atoms with van der Waals surface area (Å²) in [6.45, 7) is 1.65. The molecule has 19 nitrogen and oxygen atoms in total. The number of nitrogens with one attached hydrogen (secondary N) is 1. The highest BCUT2D eigenvalue weighted by molar-refractivity contribution is 5.76. The highest BCUT2D eigenvalue weighted by Crippen LogP contribution is 2.33. The van der Waals surface area contributed by atoms with E-state index in [-0.39, 0.29) is 18.9 Å². The minimum Gasteiger partial charge on any atom is -0.394 e. The Kier molecular flexibility index (Phi) is 43.8. The van der Waals surface area contributed by atoms with Crippen molar-refractivity contribution in [1.29, 1.82) is 0 Å². The molecule has 0 aromatic rings. The van der Waals surface area contributed by atoms with Crippen LogP contribution in [-0.4, -0.2) is 193 Å². The Bertz CT molecular complexity index is 1890. The van der Waals surface area contributed by atoms with Crippen LogP contribution in [0.4, 0.5) is 0 Å². The van der Waals surface area contributed by atoms with Crippen molar-refractivity contribution in [2.45, 2.75) is 304 Å². The molecule has 1 amide bonds. The summed E-state index contributed by atoms with van der Waals surface area (Å²) in [5, 5.41) is 120. The van der Waals surface area contributed by atoms with E-state index in [4.69, 9.17) is 28.4 Å². The van der Waals surface area contributed by atoms with Crippen LogP contribution in [0.5, 0.6) is 0 Å². The van der Waals surface area contributed by atoms with Crippen molar-refractivity contribution >= 4 is 5.91 Å². The quantitative estimate of drug-likeness (QED) is 0.0207. The van der Waals surface area contributed by atoms with E-state index in [1.807, 2.05) is 0 Å². The van der Waals surface area contributed by atoms with Gasteiger partial charge in [0, 0.05) is 6.42 Å². The zero-order valence-corrected chi connectivity index (χ0v) is 52.0. The van der Waals surface area contributed by atoms with Gasteiger partial charge in [-0.05, 0) is 70.6 Å². The number of amides is 1. The van der Waals surface area contributed by atoms with Crippen LogP contribution in [0.1, 0.15) is 200 Å². The Morgan fingerprint density at radius 2 is 0.802 bits per heavy atom. The molecule has 3 rings (SSSR count). The number of aliphatic hydroxyl groups excluding tert-OH is 11. The maximum Gasteiger partial charge on any atom is 0.220 e. The summed E-state index contributed by atoms with van der Waals surface area (Å²) in [5.74, 6) is -0.266. The second-order valence-corrected chi connectivity index (χ2v) is 23.2. The number of hydrogen-bond acceptors (Lipinski definition) is 18. The molecule has 12 N–H and O–H groups in total. The summed E-state index contributed by atoms with van der Waals surface area (Å²) in [4.78, 5) is 13.4. The minimum atomic E-state index is -1.98. The number of hydrogen-bond donors (Lipinski definition) is 12. The zero-order valence-electron chi connectivity index (χ0n) is 52.0. The molecule has 0 saturated carbocycles. The first-order chi connectivity index (χ1) is 41.8. The van der Waals surface area contributed by atoms with E-state index in [2.05, 4.69) is 104 Å². The Hall–Kier alpha value is -3.03. The van der Waals surface area contributed by atoms with Gasteiger partial charge in [-0.3, -0.25) is 4.79 Å². The molecular weight excluding hydrogens is 1110 g/mol. The molecule has 17 atom stereocenters. The number of carbonyl (C=O) groups excluding carboxylic acids is 1. The fourth-order valence-corrected chi connectivity index (χ4v) is 10.6.